The number of hydrogen-bond acceptors (Lipinski definition) is 4. The number of nitrogens with zero attached hydrogens (tertiary/aromatic N) is 1. The van der Waals surface area contributed by atoms with Crippen molar-refractivity contribution in [3.63, 3.8) is 0 Å². The molecule has 0 saturated carbocycles. The highest BCUT2D eigenvalue weighted by Crippen LogP contribution is 2.26. The Kier molecular flexibility index (Phi) is 4.96. The fourth-order valence-corrected chi connectivity index (χ4v) is 3.97. The zero-order valence-corrected chi connectivity index (χ0v) is 15.6. The molecule has 1 amide bonds. The zero-order valence-electron chi connectivity index (χ0n) is 14.0. The van der Waals surface area contributed by atoms with E-state index in [9.17, 15) is 13.2 Å². The molecular weight excluding hydrogens is 330 g/mol. The van der Waals surface area contributed by atoms with E-state index in [1.807, 2.05) is 26.8 Å². The number of benzene rings is 1. The first-order chi connectivity index (χ1) is 10.6. The fraction of sp³-hybridized carbons (Fsp3) is 0.353. The Bertz CT molecular complexity index is 820. The Morgan fingerprint density at radius 3 is 2.17 bits per heavy atom. The Balaban J connectivity index is 2.24. The van der Waals surface area contributed by atoms with Crippen molar-refractivity contribution in [1.82, 2.24) is 4.90 Å². The van der Waals surface area contributed by atoms with Gasteiger partial charge in [0.1, 0.15) is 0 Å². The average molecular weight is 351 g/mol. The van der Waals surface area contributed by atoms with Gasteiger partial charge in [-0.1, -0.05) is 12.1 Å². The predicted octanol–water partition coefficient (Wildman–Crippen LogP) is 3.60. The number of rotatable bonds is 4. The van der Waals surface area contributed by atoms with Crippen molar-refractivity contribution in [3.8, 4) is 0 Å². The molecule has 0 fully saturated rings. The van der Waals surface area contributed by atoms with E-state index in [0.29, 0.717) is 0 Å². The van der Waals surface area contributed by atoms with Gasteiger partial charge in [0, 0.05) is 23.1 Å². The maximum absolute atomic E-state index is 12.7. The number of hydrogen-bond donors (Lipinski definition) is 0. The highest BCUT2D eigenvalue weighted by molar-refractivity contribution is 7.90. The molecule has 0 aliphatic heterocycles. The van der Waals surface area contributed by atoms with Crippen LogP contribution in [0.3, 0.4) is 0 Å². The summed E-state index contributed by atoms with van der Waals surface area (Å²) in [5, 5.41) is 0. The van der Waals surface area contributed by atoms with Crippen molar-refractivity contribution >= 4 is 27.1 Å². The standard InChI is InChI=1S/C17H21NO3S2/c1-11-10-16(13(3)22-11)17(19)18(4)12(2)14-6-8-15(9-7-14)23(5,20)21/h6-10,12H,1-5H3. The van der Waals surface area contributed by atoms with Gasteiger partial charge in [0.15, 0.2) is 9.84 Å². The van der Waals surface area contributed by atoms with Crippen LogP contribution in [0.25, 0.3) is 0 Å². The van der Waals surface area contributed by atoms with E-state index in [0.717, 1.165) is 20.9 Å². The van der Waals surface area contributed by atoms with Gasteiger partial charge in [0.25, 0.3) is 5.91 Å². The minimum atomic E-state index is -3.21. The van der Waals surface area contributed by atoms with Gasteiger partial charge < -0.3 is 4.90 Å². The third kappa shape index (κ3) is 3.82. The number of carbonyl (C=O) groups is 1. The monoisotopic (exact) mass is 351 g/mol. The minimum Gasteiger partial charge on any atom is -0.335 e. The van der Waals surface area contributed by atoms with Crippen LogP contribution < -0.4 is 0 Å². The first-order valence-electron chi connectivity index (χ1n) is 7.25. The van der Waals surface area contributed by atoms with Crippen LogP contribution in [-0.4, -0.2) is 32.5 Å². The van der Waals surface area contributed by atoms with Crippen LogP contribution in [0.5, 0.6) is 0 Å². The Morgan fingerprint density at radius 1 is 1.17 bits per heavy atom. The lowest BCUT2D eigenvalue weighted by Gasteiger charge is -2.25. The van der Waals surface area contributed by atoms with Crippen LogP contribution in [0, 0.1) is 13.8 Å². The van der Waals surface area contributed by atoms with Gasteiger partial charge in [-0.3, -0.25) is 4.79 Å². The van der Waals surface area contributed by atoms with Crippen molar-refractivity contribution in [2.45, 2.75) is 31.7 Å². The number of amides is 1. The second kappa shape index (κ2) is 6.45. The molecule has 1 aromatic heterocycles. The summed E-state index contributed by atoms with van der Waals surface area (Å²) in [6, 6.07) is 8.46. The lowest BCUT2D eigenvalue weighted by Crippen LogP contribution is -2.29. The minimum absolute atomic E-state index is 0.0217. The maximum Gasteiger partial charge on any atom is 0.255 e. The van der Waals surface area contributed by atoms with E-state index in [1.165, 1.54) is 6.26 Å². The molecule has 0 spiro atoms. The van der Waals surface area contributed by atoms with Gasteiger partial charge in [-0.05, 0) is 44.5 Å². The van der Waals surface area contributed by atoms with Crippen molar-refractivity contribution in [2.24, 2.45) is 0 Å². The lowest BCUT2D eigenvalue weighted by atomic mass is 10.1. The van der Waals surface area contributed by atoms with Crippen LogP contribution in [0.15, 0.2) is 35.2 Å². The SMILES string of the molecule is Cc1cc(C(=O)N(C)C(C)c2ccc(S(C)(=O)=O)cc2)c(C)s1. The average Bonchev–Trinajstić information content (AvgIpc) is 2.83. The van der Waals surface area contributed by atoms with Gasteiger partial charge in [0.2, 0.25) is 0 Å². The molecule has 1 heterocycles. The van der Waals surface area contributed by atoms with E-state index in [4.69, 9.17) is 0 Å². The molecule has 1 unspecified atom stereocenters. The van der Waals surface area contributed by atoms with Crippen molar-refractivity contribution in [2.75, 3.05) is 13.3 Å². The number of thiophene rings is 1. The van der Waals surface area contributed by atoms with E-state index in [2.05, 4.69) is 0 Å². The van der Waals surface area contributed by atoms with Crippen LogP contribution in [0.4, 0.5) is 0 Å². The summed E-state index contributed by atoms with van der Waals surface area (Å²) in [7, 11) is -1.44. The summed E-state index contributed by atoms with van der Waals surface area (Å²) in [6.45, 7) is 5.87. The van der Waals surface area contributed by atoms with E-state index < -0.39 is 9.84 Å². The molecule has 0 saturated heterocycles. The third-order valence-corrected chi connectivity index (χ3v) is 6.06. The largest absolute Gasteiger partial charge is 0.335 e. The van der Waals surface area contributed by atoms with Crippen LogP contribution in [-0.2, 0) is 9.84 Å². The van der Waals surface area contributed by atoms with Gasteiger partial charge in [0.05, 0.1) is 16.5 Å². The third-order valence-electron chi connectivity index (χ3n) is 3.96. The molecule has 1 aromatic carbocycles. The molecule has 124 valence electrons. The maximum atomic E-state index is 12.7. The summed E-state index contributed by atoms with van der Waals surface area (Å²) in [6.07, 6.45) is 1.18. The molecule has 1 atom stereocenters. The molecule has 0 radical (unpaired) electrons. The van der Waals surface area contributed by atoms with E-state index in [1.54, 1.807) is 47.5 Å². The zero-order chi connectivity index (χ0) is 17.4. The van der Waals surface area contributed by atoms with Gasteiger partial charge in [-0.25, -0.2) is 8.42 Å². The second-order valence-corrected chi connectivity index (χ2v) is 9.24. The van der Waals surface area contributed by atoms with Crippen LogP contribution >= 0.6 is 11.3 Å². The molecule has 4 nitrogen and oxygen atoms in total. The second-order valence-electron chi connectivity index (χ2n) is 5.76. The number of carbonyl (C=O) groups excluding carboxylic acids is 1. The van der Waals surface area contributed by atoms with Gasteiger partial charge in [-0.2, -0.15) is 0 Å². The molecule has 0 aliphatic carbocycles. The lowest BCUT2D eigenvalue weighted by molar-refractivity contribution is 0.0742. The Hall–Kier alpha value is -1.66. The molecule has 23 heavy (non-hydrogen) atoms. The molecular formula is C17H21NO3S2. The summed E-state index contributed by atoms with van der Waals surface area (Å²) < 4.78 is 23.0. The first kappa shape index (κ1) is 17.7. The normalized spacial score (nSPS) is 12.9. The van der Waals surface area contributed by atoms with Gasteiger partial charge >= 0.3 is 0 Å². The molecule has 6 heteroatoms. The van der Waals surface area contributed by atoms with Gasteiger partial charge in [-0.15, -0.1) is 11.3 Å². The Labute approximate surface area is 141 Å². The molecule has 2 rings (SSSR count). The predicted molar refractivity (Wildman–Crippen MR) is 93.9 cm³/mol. The molecule has 0 aliphatic rings. The fourth-order valence-electron chi connectivity index (χ4n) is 2.43. The van der Waals surface area contributed by atoms with Crippen molar-refractivity contribution < 1.29 is 13.2 Å². The first-order valence-corrected chi connectivity index (χ1v) is 9.96. The van der Waals surface area contributed by atoms with Crippen LogP contribution in [0.1, 0.15) is 38.6 Å². The topological polar surface area (TPSA) is 54.5 Å². The Morgan fingerprint density at radius 2 is 1.74 bits per heavy atom. The van der Waals surface area contributed by atoms with Crippen LogP contribution in [0.2, 0.25) is 0 Å². The smallest absolute Gasteiger partial charge is 0.255 e. The number of sulfone groups is 1. The quantitative estimate of drug-likeness (QED) is 0.846. The number of aryl methyl sites for hydroxylation is 2. The van der Waals surface area contributed by atoms with Crippen molar-refractivity contribution in [3.05, 3.63) is 51.2 Å². The summed E-state index contributed by atoms with van der Waals surface area (Å²) in [5.74, 6) is -0.0217. The molecule has 0 N–H and O–H groups in total. The summed E-state index contributed by atoms with van der Waals surface area (Å²) in [5.41, 5.74) is 1.63. The van der Waals surface area contributed by atoms with E-state index in [-0.39, 0.29) is 16.8 Å². The van der Waals surface area contributed by atoms with Crippen molar-refractivity contribution in [1.29, 1.82) is 0 Å². The highest BCUT2D eigenvalue weighted by Gasteiger charge is 2.22. The highest BCUT2D eigenvalue weighted by atomic mass is 32.2. The molecule has 0 bridgehead atoms. The van der Waals surface area contributed by atoms with E-state index >= 15 is 0 Å². The summed E-state index contributed by atoms with van der Waals surface area (Å²) in [4.78, 5) is 16.8. The molecule has 2 aromatic rings. The summed E-state index contributed by atoms with van der Waals surface area (Å²) >= 11 is 1.61.